The summed E-state index contributed by atoms with van der Waals surface area (Å²) in [7, 11) is 3.16. The van der Waals surface area contributed by atoms with Crippen LogP contribution < -0.4 is 14.8 Å². The number of methoxy groups -OCH3 is 2. The van der Waals surface area contributed by atoms with Crippen molar-refractivity contribution < 1.29 is 14.3 Å². The summed E-state index contributed by atoms with van der Waals surface area (Å²) >= 11 is 0. The smallest absolute Gasteiger partial charge is 0.232 e. The van der Waals surface area contributed by atoms with Gasteiger partial charge in [-0.05, 0) is 30.2 Å². The van der Waals surface area contributed by atoms with E-state index in [1.54, 1.807) is 49.4 Å². The van der Waals surface area contributed by atoms with Crippen LogP contribution in [0, 0.1) is 0 Å². The number of carbonyl (C=O) groups excluding carboxylic acids is 1. The van der Waals surface area contributed by atoms with Crippen LogP contribution in [0.25, 0.3) is 11.8 Å². The lowest BCUT2D eigenvalue weighted by atomic mass is 9.99. The molecule has 1 aromatic heterocycles. The van der Waals surface area contributed by atoms with Gasteiger partial charge in [0.2, 0.25) is 5.91 Å². The van der Waals surface area contributed by atoms with Crippen molar-refractivity contribution in [1.82, 2.24) is 9.78 Å². The first kappa shape index (κ1) is 19.2. The van der Waals surface area contributed by atoms with Gasteiger partial charge in [-0.2, -0.15) is 5.10 Å². The zero-order chi connectivity index (χ0) is 20.1. The monoisotopic (exact) mass is 377 g/mol. The first-order valence-corrected chi connectivity index (χ1v) is 8.87. The lowest BCUT2D eigenvalue weighted by Gasteiger charge is -2.15. The number of ether oxygens (including phenoxy) is 2. The highest BCUT2D eigenvalue weighted by molar-refractivity contribution is 5.95. The van der Waals surface area contributed by atoms with Gasteiger partial charge in [0.15, 0.2) is 11.5 Å². The van der Waals surface area contributed by atoms with E-state index < -0.39 is 0 Å². The number of nitrogens with one attached hydrogen (secondary N) is 1. The molecular formula is C22H23N3O3. The molecule has 0 aliphatic heterocycles. The molecule has 2 aromatic carbocycles. The summed E-state index contributed by atoms with van der Waals surface area (Å²) in [6.45, 7) is 5.62. The van der Waals surface area contributed by atoms with Crippen LogP contribution in [0.4, 0.5) is 5.82 Å². The van der Waals surface area contributed by atoms with Gasteiger partial charge in [-0.25, -0.2) is 4.68 Å². The molecule has 0 spiro atoms. The summed E-state index contributed by atoms with van der Waals surface area (Å²) < 4.78 is 12.3. The van der Waals surface area contributed by atoms with E-state index >= 15 is 0 Å². The van der Waals surface area contributed by atoms with Crippen LogP contribution >= 0.6 is 0 Å². The summed E-state index contributed by atoms with van der Waals surface area (Å²) in [5.41, 5.74) is 2.70. The van der Waals surface area contributed by atoms with Crippen LogP contribution in [0.2, 0.25) is 0 Å². The summed E-state index contributed by atoms with van der Waals surface area (Å²) in [5, 5.41) is 7.27. The molecule has 144 valence electrons. The van der Waals surface area contributed by atoms with E-state index in [9.17, 15) is 4.79 Å². The number of benzene rings is 2. The number of aromatic nitrogens is 2. The van der Waals surface area contributed by atoms with Crippen LogP contribution in [-0.4, -0.2) is 29.9 Å². The van der Waals surface area contributed by atoms with Crippen LogP contribution in [-0.2, 0) is 4.79 Å². The Morgan fingerprint density at radius 1 is 1.11 bits per heavy atom. The molecule has 6 heteroatoms. The van der Waals surface area contributed by atoms with E-state index in [0.29, 0.717) is 17.3 Å². The van der Waals surface area contributed by atoms with Crippen molar-refractivity contribution in [3.05, 3.63) is 72.4 Å². The summed E-state index contributed by atoms with van der Waals surface area (Å²) in [6, 6.07) is 15.0. The van der Waals surface area contributed by atoms with E-state index in [1.807, 2.05) is 37.3 Å². The molecule has 6 nitrogen and oxygen atoms in total. The largest absolute Gasteiger partial charge is 0.493 e. The molecular weight excluding hydrogens is 354 g/mol. The topological polar surface area (TPSA) is 65.4 Å². The van der Waals surface area contributed by atoms with Crippen molar-refractivity contribution in [3.8, 4) is 17.2 Å². The highest BCUT2D eigenvalue weighted by atomic mass is 16.5. The number of hydrogen-bond acceptors (Lipinski definition) is 4. The molecule has 1 heterocycles. The minimum absolute atomic E-state index is 0.117. The van der Waals surface area contributed by atoms with Crippen molar-refractivity contribution in [2.45, 2.75) is 12.8 Å². The Balaban J connectivity index is 1.81. The minimum Gasteiger partial charge on any atom is -0.493 e. The molecule has 0 bridgehead atoms. The molecule has 0 fully saturated rings. The molecule has 0 saturated carbocycles. The van der Waals surface area contributed by atoms with E-state index in [1.165, 1.54) is 0 Å². The molecule has 3 rings (SSSR count). The average Bonchev–Trinajstić information content (AvgIpc) is 3.20. The molecule has 1 N–H and O–H groups in total. The zero-order valence-electron chi connectivity index (χ0n) is 16.2. The molecule has 0 aliphatic rings. The normalized spacial score (nSPS) is 11.5. The fourth-order valence-corrected chi connectivity index (χ4v) is 2.87. The lowest BCUT2D eigenvalue weighted by molar-refractivity contribution is -0.117. The Labute approximate surface area is 164 Å². The number of anilines is 1. The van der Waals surface area contributed by atoms with Gasteiger partial charge < -0.3 is 14.8 Å². The minimum atomic E-state index is -0.312. The predicted molar refractivity (Wildman–Crippen MR) is 110 cm³/mol. The third-order valence-electron chi connectivity index (χ3n) is 4.57. The van der Waals surface area contributed by atoms with Gasteiger partial charge in [0.1, 0.15) is 5.82 Å². The number of carbonyl (C=O) groups is 1. The molecule has 0 saturated heterocycles. The van der Waals surface area contributed by atoms with E-state index in [4.69, 9.17) is 9.47 Å². The zero-order valence-corrected chi connectivity index (χ0v) is 16.2. The molecule has 1 amide bonds. The van der Waals surface area contributed by atoms with Crippen LogP contribution in [0.3, 0.4) is 0 Å². The Morgan fingerprint density at radius 3 is 2.46 bits per heavy atom. The first-order valence-electron chi connectivity index (χ1n) is 8.87. The van der Waals surface area contributed by atoms with Gasteiger partial charge in [0.25, 0.3) is 0 Å². The molecule has 1 atom stereocenters. The van der Waals surface area contributed by atoms with Gasteiger partial charge >= 0.3 is 0 Å². The number of hydrogen-bond donors (Lipinski definition) is 1. The second-order valence-corrected chi connectivity index (χ2v) is 6.25. The van der Waals surface area contributed by atoms with Crippen molar-refractivity contribution in [2.24, 2.45) is 0 Å². The second kappa shape index (κ2) is 8.43. The highest BCUT2D eigenvalue weighted by Crippen LogP contribution is 2.30. The van der Waals surface area contributed by atoms with Gasteiger partial charge in [0, 0.05) is 12.1 Å². The average molecular weight is 377 g/mol. The third-order valence-corrected chi connectivity index (χ3v) is 4.57. The quantitative estimate of drug-likeness (QED) is 0.668. The third kappa shape index (κ3) is 3.91. The molecule has 1 unspecified atom stereocenters. The van der Waals surface area contributed by atoms with Crippen LogP contribution in [0.15, 0.2) is 61.3 Å². The fraction of sp³-hybridized carbons (Fsp3) is 0.182. The molecule has 3 aromatic rings. The Morgan fingerprint density at radius 2 is 1.82 bits per heavy atom. The van der Waals surface area contributed by atoms with E-state index in [0.717, 1.165) is 16.8 Å². The molecule has 28 heavy (non-hydrogen) atoms. The highest BCUT2D eigenvalue weighted by Gasteiger charge is 2.18. The summed E-state index contributed by atoms with van der Waals surface area (Å²) in [4.78, 5) is 12.8. The second-order valence-electron chi connectivity index (χ2n) is 6.25. The molecule has 0 radical (unpaired) electrons. The van der Waals surface area contributed by atoms with Crippen molar-refractivity contribution in [3.63, 3.8) is 0 Å². The summed E-state index contributed by atoms with van der Waals surface area (Å²) in [5.74, 6) is 1.36. The maximum Gasteiger partial charge on any atom is 0.232 e. The summed E-state index contributed by atoms with van der Waals surface area (Å²) in [6.07, 6.45) is 3.41. The van der Waals surface area contributed by atoms with E-state index in [2.05, 4.69) is 17.0 Å². The van der Waals surface area contributed by atoms with Crippen molar-refractivity contribution >= 4 is 17.8 Å². The van der Waals surface area contributed by atoms with Crippen LogP contribution in [0.5, 0.6) is 11.5 Å². The standard InChI is InChI=1S/C22H23N3O3/c1-5-16-6-8-17(9-7-16)15(2)22(26)24-21-12-13-23-25(21)18-10-11-19(27-3)20(14-18)28-4/h5-15H,1H2,2-4H3,(H,24,26). The Bertz CT molecular complexity index is 977. The van der Waals surface area contributed by atoms with Gasteiger partial charge in [-0.15, -0.1) is 0 Å². The van der Waals surface area contributed by atoms with Crippen LogP contribution in [0.1, 0.15) is 24.0 Å². The lowest BCUT2D eigenvalue weighted by Crippen LogP contribution is -2.20. The van der Waals surface area contributed by atoms with Gasteiger partial charge in [0.05, 0.1) is 32.0 Å². The molecule has 0 aliphatic carbocycles. The number of rotatable bonds is 7. The Kier molecular flexibility index (Phi) is 5.79. The first-order chi connectivity index (χ1) is 13.6. The van der Waals surface area contributed by atoms with Crippen molar-refractivity contribution in [1.29, 1.82) is 0 Å². The predicted octanol–water partition coefficient (Wildman–Crippen LogP) is 4.27. The fourth-order valence-electron chi connectivity index (χ4n) is 2.87. The number of amides is 1. The van der Waals surface area contributed by atoms with Gasteiger partial charge in [-0.1, -0.05) is 36.9 Å². The number of nitrogens with zero attached hydrogens (tertiary/aromatic N) is 2. The maximum absolute atomic E-state index is 12.8. The SMILES string of the molecule is C=Cc1ccc(C(C)C(=O)Nc2ccnn2-c2ccc(OC)c(OC)c2)cc1. The van der Waals surface area contributed by atoms with Crippen molar-refractivity contribution in [2.75, 3.05) is 19.5 Å². The maximum atomic E-state index is 12.8. The van der Waals surface area contributed by atoms with Gasteiger partial charge in [-0.3, -0.25) is 4.79 Å². The van der Waals surface area contributed by atoms with E-state index in [-0.39, 0.29) is 11.8 Å². The Hall–Kier alpha value is -3.54.